The molecule has 1 aliphatic rings. The highest BCUT2D eigenvalue weighted by Crippen LogP contribution is 2.16. The van der Waals surface area contributed by atoms with Gasteiger partial charge in [-0.1, -0.05) is 18.6 Å². The second kappa shape index (κ2) is 10.4. The van der Waals surface area contributed by atoms with E-state index in [2.05, 4.69) is 27.1 Å². The number of likely N-dealkylation sites (tertiary alicyclic amines) is 1. The number of nitrogens with one attached hydrogen (secondary N) is 2. The standard InChI is InChI=1S/C22H32N4O2/c1-17-9-4-6-15-26(17)16-7-5-14-23-21(27)13-8-12-20-24-19-11-3-2-10-18(19)22(28)25-20/h2-3,10-11,17H,4-9,12-16H2,1H3,(H,23,27)(H,24,25,28). The number of H-pyrrole nitrogens is 1. The summed E-state index contributed by atoms with van der Waals surface area (Å²) in [6.45, 7) is 5.42. The highest BCUT2D eigenvalue weighted by atomic mass is 16.1. The van der Waals surface area contributed by atoms with E-state index in [4.69, 9.17) is 0 Å². The molecule has 0 aliphatic carbocycles. The largest absolute Gasteiger partial charge is 0.356 e. The zero-order valence-electron chi connectivity index (χ0n) is 16.9. The van der Waals surface area contributed by atoms with E-state index in [1.54, 1.807) is 6.07 Å². The Bertz CT molecular complexity index is 833. The average molecular weight is 385 g/mol. The molecule has 28 heavy (non-hydrogen) atoms. The van der Waals surface area contributed by atoms with E-state index < -0.39 is 0 Å². The van der Waals surface area contributed by atoms with Crippen LogP contribution in [0.15, 0.2) is 29.1 Å². The van der Waals surface area contributed by atoms with E-state index in [0.717, 1.165) is 25.9 Å². The first-order valence-electron chi connectivity index (χ1n) is 10.6. The molecule has 2 heterocycles. The Hall–Kier alpha value is -2.21. The van der Waals surface area contributed by atoms with Crippen LogP contribution in [0.5, 0.6) is 0 Å². The third kappa shape index (κ3) is 5.89. The van der Waals surface area contributed by atoms with Gasteiger partial charge >= 0.3 is 0 Å². The van der Waals surface area contributed by atoms with Crippen molar-refractivity contribution in [3.8, 4) is 0 Å². The normalized spacial score (nSPS) is 17.7. The molecule has 152 valence electrons. The molecule has 1 aromatic heterocycles. The zero-order chi connectivity index (χ0) is 19.8. The van der Waals surface area contributed by atoms with Crippen molar-refractivity contribution in [2.45, 2.75) is 64.3 Å². The lowest BCUT2D eigenvalue weighted by Crippen LogP contribution is -2.38. The van der Waals surface area contributed by atoms with E-state index in [-0.39, 0.29) is 11.5 Å². The SMILES string of the molecule is CC1CCCCN1CCCCNC(=O)CCCc1nc2ccccc2c(=O)[nH]1. The van der Waals surface area contributed by atoms with Crippen LogP contribution in [-0.4, -0.2) is 46.5 Å². The number of amides is 1. The third-order valence-corrected chi connectivity index (χ3v) is 5.61. The Morgan fingerprint density at radius 3 is 2.96 bits per heavy atom. The highest BCUT2D eigenvalue weighted by molar-refractivity contribution is 5.77. The van der Waals surface area contributed by atoms with Gasteiger partial charge in [0.2, 0.25) is 5.91 Å². The van der Waals surface area contributed by atoms with Gasteiger partial charge in [-0.2, -0.15) is 0 Å². The summed E-state index contributed by atoms with van der Waals surface area (Å²) in [5.74, 6) is 0.724. The maximum absolute atomic E-state index is 12.1. The summed E-state index contributed by atoms with van der Waals surface area (Å²) in [5.41, 5.74) is 0.585. The molecule has 1 aliphatic heterocycles. The van der Waals surface area contributed by atoms with Gasteiger partial charge in [0.1, 0.15) is 5.82 Å². The summed E-state index contributed by atoms with van der Waals surface area (Å²) in [5, 5.41) is 3.61. The molecule has 6 nitrogen and oxygen atoms in total. The molecular weight excluding hydrogens is 352 g/mol. The monoisotopic (exact) mass is 384 g/mol. The Morgan fingerprint density at radius 1 is 1.25 bits per heavy atom. The topological polar surface area (TPSA) is 78.1 Å². The summed E-state index contributed by atoms with van der Waals surface area (Å²) in [6.07, 6.45) is 7.88. The van der Waals surface area contributed by atoms with Gasteiger partial charge in [0.15, 0.2) is 0 Å². The van der Waals surface area contributed by atoms with Gasteiger partial charge in [-0.05, 0) is 64.3 Å². The van der Waals surface area contributed by atoms with Crippen LogP contribution >= 0.6 is 0 Å². The average Bonchev–Trinajstić information content (AvgIpc) is 2.69. The molecule has 3 rings (SSSR count). The summed E-state index contributed by atoms with van der Waals surface area (Å²) in [4.78, 5) is 33.9. The van der Waals surface area contributed by atoms with E-state index in [1.165, 1.54) is 25.8 Å². The Kier molecular flexibility index (Phi) is 7.60. The first-order chi connectivity index (χ1) is 13.6. The van der Waals surface area contributed by atoms with Gasteiger partial charge in [0.05, 0.1) is 10.9 Å². The molecule has 0 spiro atoms. The molecule has 2 aromatic rings. The first kappa shape index (κ1) is 20.5. The Balaban J connectivity index is 1.31. The van der Waals surface area contributed by atoms with Gasteiger partial charge < -0.3 is 15.2 Å². The number of carbonyl (C=O) groups is 1. The van der Waals surface area contributed by atoms with Crippen molar-refractivity contribution in [3.63, 3.8) is 0 Å². The number of piperidine rings is 1. The van der Waals surface area contributed by atoms with Crippen LogP contribution in [0.2, 0.25) is 0 Å². The maximum Gasteiger partial charge on any atom is 0.258 e. The lowest BCUT2D eigenvalue weighted by Gasteiger charge is -2.33. The summed E-state index contributed by atoms with van der Waals surface area (Å²) >= 11 is 0. The van der Waals surface area contributed by atoms with Crippen molar-refractivity contribution in [2.24, 2.45) is 0 Å². The minimum Gasteiger partial charge on any atom is -0.356 e. The van der Waals surface area contributed by atoms with Crippen molar-refractivity contribution in [3.05, 3.63) is 40.4 Å². The number of aryl methyl sites for hydroxylation is 1. The molecule has 6 heteroatoms. The van der Waals surface area contributed by atoms with E-state index in [0.29, 0.717) is 42.0 Å². The van der Waals surface area contributed by atoms with Crippen molar-refractivity contribution in [1.82, 2.24) is 20.2 Å². The highest BCUT2D eigenvalue weighted by Gasteiger charge is 2.17. The van der Waals surface area contributed by atoms with Gasteiger partial charge in [-0.25, -0.2) is 4.98 Å². The number of para-hydroxylation sites is 1. The second-order valence-corrected chi connectivity index (χ2v) is 7.82. The fraction of sp³-hybridized carbons (Fsp3) is 0.591. The molecule has 1 amide bonds. The predicted octanol–water partition coefficient (Wildman–Crippen LogP) is 3.02. The molecular formula is C22H32N4O2. The number of aromatic nitrogens is 2. The number of unbranched alkanes of at least 4 members (excludes halogenated alkanes) is 1. The van der Waals surface area contributed by atoms with Gasteiger partial charge in [0.25, 0.3) is 5.56 Å². The number of hydrogen-bond donors (Lipinski definition) is 2. The molecule has 2 N–H and O–H groups in total. The number of hydrogen-bond acceptors (Lipinski definition) is 4. The number of carbonyl (C=O) groups excluding carboxylic acids is 1. The summed E-state index contributed by atoms with van der Waals surface area (Å²) in [6, 6.07) is 8.02. The summed E-state index contributed by atoms with van der Waals surface area (Å²) < 4.78 is 0. The minimum atomic E-state index is -0.118. The van der Waals surface area contributed by atoms with Crippen LogP contribution < -0.4 is 10.9 Å². The lowest BCUT2D eigenvalue weighted by molar-refractivity contribution is -0.121. The van der Waals surface area contributed by atoms with Crippen LogP contribution in [0.1, 0.15) is 57.7 Å². The number of rotatable bonds is 9. The quantitative estimate of drug-likeness (QED) is 0.652. The number of aromatic amines is 1. The maximum atomic E-state index is 12.1. The van der Waals surface area contributed by atoms with Crippen LogP contribution in [0.4, 0.5) is 0 Å². The third-order valence-electron chi connectivity index (χ3n) is 5.61. The second-order valence-electron chi connectivity index (χ2n) is 7.82. The predicted molar refractivity (Wildman–Crippen MR) is 112 cm³/mol. The molecule has 1 fully saturated rings. The van der Waals surface area contributed by atoms with Crippen LogP contribution in [-0.2, 0) is 11.2 Å². The fourth-order valence-electron chi connectivity index (χ4n) is 3.92. The van der Waals surface area contributed by atoms with E-state index in [1.807, 2.05) is 18.2 Å². The van der Waals surface area contributed by atoms with Crippen molar-refractivity contribution < 1.29 is 4.79 Å². The van der Waals surface area contributed by atoms with E-state index >= 15 is 0 Å². The molecule has 1 saturated heterocycles. The van der Waals surface area contributed by atoms with Gasteiger partial charge in [-0.15, -0.1) is 0 Å². The molecule has 0 radical (unpaired) electrons. The number of benzene rings is 1. The van der Waals surface area contributed by atoms with Crippen LogP contribution in [0.3, 0.4) is 0 Å². The molecule has 0 saturated carbocycles. The van der Waals surface area contributed by atoms with Crippen LogP contribution in [0.25, 0.3) is 10.9 Å². The zero-order valence-corrected chi connectivity index (χ0v) is 16.9. The Labute approximate surface area is 166 Å². The number of nitrogens with zero attached hydrogens (tertiary/aromatic N) is 2. The fourth-order valence-corrected chi connectivity index (χ4v) is 3.92. The minimum absolute atomic E-state index is 0.0782. The smallest absolute Gasteiger partial charge is 0.258 e. The van der Waals surface area contributed by atoms with Gasteiger partial charge in [0, 0.05) is 25.4 Å². The molecule has 1 aromatic carbocycles. The van der Waals surface area contributed by atoms with Crippen LogP contribution in [0, 0.1) is 0 Å². The molecule has 0 bridgehead atoms. The Morgan fingerprint density at radius 2 is 2.11 bits per heavy atom. The lowest BCUT2D eigenvalue weighted by atomic mass is 10.0. The van der Waals surface area contributed by atoms with Crippen molar-refractivity contribution >= 4 is 16.8 Å². The summed E-state index contributed by atoms with van der Waals surface area (Å²) in [7, 11) is 0. The van der Waals surface area contributed by atoms with E-state index in [9.17, 15) is 9.59 Å². The van der Waals surface area contributed by atoms with Gasteiger partial charge in [-0.3, -0.25) is 9.59 Å². The van der Waals surface area contributed by atoms with Crippen molar-refractivity contribution in [2.75, 3.05) is 19.6 Å². The molecule has 1 unspecified atom stereocenters. The number of fused-ring (bicyclic) bond motifs is 1. The first-order valence-corrected chi connectivity index (χ1v) is 10.6. The molecule has 1 atom stereocenters. The van der Waals surface area contributed by atoms with Crippen molar-refractivity contribution in [1.29, 1.82) is 0 Å².